The monoisotopic (exact) mass is 184 g/mol. The molecule has 0 heterocycles. The first-order chi connectivity index (χ1) is 6.34. The van der Waals surface area contributed by atoms with Crippen molar-refractivity contribution in [3.05, 3.63) is 11.6 Å². The lowest BCUT2D eigenvalue weighted by atomic mass is 9.97. The Kier molecular flexibility index (Phi) is 5.09. The highest BCUT2D eigenvalue weighted by molar-refractivity contribution is 5.08. The molecule has 0 aromatic carbocycles. The Labute approximate surface area is 80.6 Å². The van der Waals surface area contributed by atoms with E-state index in [9.17, 15) is 5.11 Å². The van der Waals surface area contributed by atoms with Gasteiger partial charge in [-0.1, -0.05) is 18.9 Å². The third kappa shape index (κ3) is 3.92. The van der Waals surface area contributed by atoms with Gasteiger partial charge in [-0.05, 0) is 31.3 Å². The van der Waals surface area contributed by atoms with Crippen molar-refractivity contribution in [1.82, 2.24) is 0 Å². The van der Waals surface area contributed by atoms with E-state index >= 15 is 0 Å². The Morgan fingerprint density at radius 2 is 2.15 bits per heavy atom. The topological polar surface area (TPSA) is 29.5 Å². The van der Waals surface area contributed by atoms with Crippen LogP contribution >= 0.6 is 0 Å². The highest BCUT2D eigenvalue weighted by Crippen LogP contribution is 2.19. The minimum absolute atomic E-state index is 0.372. The van der Waals surface area contributed by atoms with Crippen molar-refractivity contribution in [2.24, 2.45) is 0 Å². The molecule has 1 N–H and O–H groups in total. The summed E-state index contributed by atoms with van der Waals surface area (Å²) in [4.78, 5) is 0. The lowest BCUT2D eigenvalue weighted by Crippen LogP contribution is -2.17. The lowest BCUT2D eigenvalue weighted by Gasteiger charge is -2.16. The van der Waals surface area contributed by atoms with Crippen molar-refractivity contribution in [2.75, 3.05) is 13.7 Å². The number of aliphatic hydroxyl groups excluding tert-OH is 1. The number of allylic oxidation sites excluding steroid dienone is 1. The Balaban J connectivity index is 2.43. The van der Waals surface area contributed by atoms with Gasteiger partial charge in [-0.3, -0.25) is 0 Å². The molecule has 0 aliphatic heterocycles. The van der Waals surface area contributed by atoms with Crippen molar-refractivity contribution < 1.29 is 9.84 Å². The SMILES string of the molecule is COCC(O)C1=CCCCCCC1. The molecular formula is C11H20O2. The molecule has 1 unspecified atom stereocenters. The molecule has 76 valence electrons. The average Bonchev–Trinajstić information content (AvgIpc) is 2.03. The predicted molar refractivity (Wildman–Crippen MR) is 53.7 cm³/mol. The molecule has 1 rings (SSSR count). The van der Waals surface area contributed by atoms with Crippen LogP contribution in [0.1, 0.15) is 38.5 Å². The zero-order valence-electron chi connectivity index (χ0n) is 8.46. The molecule has 1 aliphatic carbocycles. The lowest BCUT2D eigenvalue weighted by molar-refractivity contribution is 0.0838. The number of rotatable bonds is 3. The second-order valence-electron chi connectivity index (χ2n) is 3.70. The molecular weight excluding hydrogens is 164 g/mol. The summed E-state index contributed by atoms with van der Waals surface area (Å²) in [5.74, 6) is 0. The number of hydrogen-bond donors (Lipinski definition) is 1. The molecule has 2 nitrogen and oxygen atoms in total. The first-order valence-electron chi connectivity index (χ1n) is 5.20. The van der Waals surface area contributed by atoms with Crippen LogP contribution in [0.5, 0.6) is 0 Å². The number of ether oxygens (including phenoxy) is 1. The van der Waals surface area contributed by atoms with Crippen LogP contribution in [0, 0.1) is 0 Å². The summed E-state index contributed by atoms with van der Waals surface area (Å²) >= 11 is 0. The van der Waals surface area contributed by atoms with Gasteiger partial charge in [0.25, 0.3) is 0 Å². The van der Waals surface area contributed by atoms with E-state index in [1.54, 1.807) is 7.11 Å². The maximum atomic E-state index is 9.70. The summed E-state index contributed by atoms with van der Waals surface area (Å²) < 4.78 is 4.94. The molecule has 1 aliphatic rings. The Bertz CT molecular complexity index is 163. The van der Waals surface area contributed by atoms with Crippen LogP contribution in [0.3, 0.4) is 0 Å². The third-order valence-corrected chi connectivity index (χ3v) is 2.58. The summed E-state index contributed by atoms with van der Waals surface area (Å²) in [6.07, 6.45) is 9.11. The van der Waals surface area contributed by atoms with Crippen LogP contribution in [-0.4, -0.2) is 24.9 Å². The minimum Gasteiger partial charge on any atom is -0.386 e. The van der Waals surface area contributed by atoms with Crippen molar-refractivity contribution in [1.29, 1.82) is 0 Å². The fourth-order valence-corrected chi connectivity index (χ4v) is 1.78. The van der Waals surface area contributed by atoms with E-state index in [4.69, 9.17) is 4.74 Å². The van der Waals surface area contributed by atoms with Crippen molar-refractivity contribution in [3.63, 3.8) is 0 Å². The molecule has 0 aromatic heterocycles. The van der Waals surface area contributed by atoms with Crippen LogP contribution in [-0.2, 0) is 4.74 Å². The first-order valence-corrected chi connectivity index (χ1v) is 5.20. The van der Waals surface area contributed by atoms with Gasteiger partial charge in [0.2, 0.25) is 0 Å². The molecule has 0 saturated heterocycles. The molecule has 2 heteroatoms. The van der Waals surface area contributed by atoms with Gasteiger partial charge in [-0.25, -0.2) is 0 Å². The summed E-state index contributed by atoms with van der Waals surface area (Å²) in [6.45, 7) is 0.436. The van der Waals surface area contributed by atoms with Gasteiger partial charge >= 0.3 is 0 Å². The summed E-state index contributed by atoms with van der Waals surface area (Å²) in [6, 6.07) is 0. The van der Waals surface area contributed by atoms with Gasteiger partial charge in [-0.15, -0.1) is 0 Å². The maximum Gasteiger partial charge on any atom is 0.0983 e. The predicted octanol–water partition coefficient (Wildman–Crippen LogP) is 2.27. The molecule has 0 spiro atoms. The van der Waals surface area contributed by atoms with Crippen LogP contribution in [0.15, 0.2) is 11.6 Å². The van der Waals surface area contributed by atoms with Crippen LogP contribution in [0.25, 0.3) is 0 Å². The van der Waals surface area contributed by atoms with E-state index in [2.05, 4.69) is 6.08 Å². The van der Waals surface area contributed by atoms with Gasteiger partial charge in [0.15, 0.2) is 0 Å². The molecule has 1 atom stereocenters. The van der Waals surface area contributed by atoms with Gasteiger partial charge < -0.3 is 9.84 Å². The number of aliphatic hydroxyl groups is 1. The Morgan fingerprint density at radius 1 is 1.38 bits per heavy atom. The fourth-order valence-electron chi connectivity index (χ4n) is 1.78. The molecule has 0 aromatic rings. The molecule has 13 heavy (non-hydrogen) atoms. The van der Waals surface area contributed by atoms with Gasteiger partial charge in [0.1, 0.15) is 0 Å². The highest BCUT2D eigenvalue weighted by atomic mass is 16.5. The Morgan fingerprint density at radius 3 is 2.92 bits per heavy atom. The maximum absolute atomic E-state index is 9.70. The standard InChI is InChI=1S/C11H20O2/c1-13-9-11(12)10-7-5-3-2-4-6-8-10/h7,11-12H,2-6,8-9H2,1H3. The van der Waals surface area contributed by atoms with Gasteiger partial charge in [0.05, 0.1) is 12.7 Å². The second kappa shape index (κ2) is 6.17. The molecule has 0 fully saturated rings. The quantitative estimate of drug-likeness (QED) is 0.682. The summed E-state index contributed by atoms with van der Waals surface area (Å²) in [7, 11) is 1.63. The average molecular weight is 184 g/mol. The van der Waals surface area contributed by atoms with E-state index in [-0.39, 0.29) is 6.10 Å². The van der Waals surface area contributed by atoms with E-state index in [1.165, 1.54) is 31.3 Å². The Hall–Kier alpha value is -0.340. The van der Waals surface area contributed by atoms with Crippen LogP contribution in [0.2, 0.25) is 0 Å². The highest BCUT2D eigenvalue weighted by Gasteiger charge is 2.11. The normalized spacial score (nSPS) is 21.5. The third-order valence-electron chi connectivity index (χ3n) is 2.58. The zero-order valence-corrected chi connectivity index (χ0v) is 8.46. The molecule has 0 amide bonds. The summed E-state index contributed by atoms with van der Waals surface area (Å²) in [5.41, 5.74) is 1.18. The van der Waals surface area contributed by atoms with E-state index in [0.717, 1.165) is 12.8 Å². The zero-order chi connectivity index (χ0) is 9.52. The minimum atomic E-state index is -0.372. The second-order valence-corrected chi connectivity index (χ2v) is 3.70. The largest absolute Gasteiger partial charge is 0.386 e. The van der Waals surface area contributed by atoms with Gasteiger partial charge in [0, 0.05) is 7.11 Å². The summed E-state index contributed by atoms with van der Waals surface area (Å²) in [5, 5.41) is 9.70. The van der Waals surface area contributed by atoms with Crippen molar-refractivity contribution in [3.8, 4) is 0 Å². The van der Waals surface area contributed by atoms with E-state index < -0.39 is 0 Å². The molecule has 0 radical (unpaired) electrons. The van der Waals surface area contributed by atoms with Crippen molar-refractivity contribution in [2.45, 2.75) is 44.6 Å². The molecule has 0 saturated carbocycles. The van der Waals surface area contributed by atoms with E-state index in [1.807, 2.05) is 0 Å². The van der Waals surface area contributed by atoms with Crippen LogP contribution < -0.4 is 0 Å². The van der Waals surface area contributed by atoms with Crippen molar-refractivity contribution >= 4 is 0 Å². The number of hydrogen-bond acceptors (Lipinski definition) is 2. The molecule has 0 bridgehead atoms. The van der Waals surface area contributed by atoms with E-state index in [0.29, 0.717) is 6.61 Å². The first kappa shape index (κ1) is 10.7. The smallest absolute Gasteiger partial charge is 0.0983 e. The number of methoxy groups -OCH3 is 1. The fraction of sp³-hybridized carbons (Fsp3) is 0.818. The van der Waals surface area contributed by atoms with Crippen LogP contribution in [0.4, 0.5) is 0 Å². The van der Waals surface area contributed by atoms with Gasteiger partial charge in [-0.2, -0.15) is 0 Å².